The lowest BCUT2D eigenvalue weighted by atomic mass is 9.97. The summed E-state index contributed by atoms with van der Waals surface area (Å²) < 4.78 is 0. The number of likely N-dealkylation sites (tertiary alicyclic amines) is 1. The molecule has 1 atom stereocenters. The number of nitrogens with one attached hydrogen (secondary N) is 1. The lowest BCUT2D eigenvalue weighted by Crippen LogP contribution is -2.38. The van der Waals surface area contributed by atoms with Gasteiger partial charge in [-0.3, -0.25) is 4.79 Å². The first-order valence-electron chi connectivity index (χ1n) is 7.35. The van der Waals surface area contributed by atoms with E-state index in [0.717, 1.165) is 11.1 Å². The van der Waals surface area contributed by atoms with Crippen molar-refractivity contribution in [3.63, 3.8) is 0 Å². The van der Waals surface area contributed by atoms with Crippen LogP contribution in [0, 0.1) is 5.92 Å². The van der Waals surface area contributed by atoms with Gasteiger partial charge in [0.25, 0.3) is 0 Å². The molecule has 0 spiro atoms. The summed E-state index contributed by atoms with van der Waals surface area (Å²) >= 11 is 0. The van der Waals surface area contributed by atoms with Gasteiger partial charge in [-0.05, 0) is 31.4 Å². The van der Waals surface area contributed by atoms with Crippen LogP contribution >= 0.6 is 0 Å². The molecule has 0 bridgehead atoms. The molecule has 22 heavy (non-hydrogen) atoms. The van der Waals surface area contributed by atoms with E-state index in [-0.39, 0.29) is 12.6 Å². The molecule has 0 aromatic heterocycles. The molecule has 1 unspecified atom stereocenters. The zero-order valence-electron chi connectivity index (χ0n) is 12.9. The third-order valence-corrected chi connectivity index (χ3v) is 3.93. The molecule has 6 nitrogen and oxygen atoms in total. The Bertz CT molecular complexity index is 548. The number of rotatable bonds is 4. The monoisotopic (exact) mass is 306 g/mol. The molecule has 2 rings (SSSR count). The zero-order chi connectivity index (χ0) is 16.3. The Morgan fingerprint density at radius 1 is 1.32 bits per heavy atom. The number of aliphatic carboxylic acids is 1. The molecule has 1 heterocycles. The summed E-state index contributed by atoms with van der Waals surface area (Å²) in [5, 5.41) is 21.6. The van der Waals surface area contributed by atoms with Crippen molar-refractivity contribution in [3.05, 3.63) is 35.4 Å². The molecule has 1 aromatic carbocycles. The SMILES string of the molecule is CC(C)(O)c1ccc(CNC(=O)N2CCC(C(=O)O)C2)cc1. The van der Waals surface area contributed by atoms with Crippen molar-refractivity contribution in [3.8, 4) is 0 Å². The van der Waals surface area contributed by atoms with E-state index in [1.807, 2.05) is 24.3 Å². The van der Waals surface area contributed by atoms with Crippen molar-refractivity contribution in [2.45, 2.75) is 32.4 Å². The molecule has 1 aliphatic rings. The van der Waals surface area contributed by atoms with E-state index in [1.165, 1.54) is 4.90 Å². The van der Waals surface area contributed by atoms with Crippen molar-refractivity contribution in [2.75, 3.05) is 13.1 Å². The first-order valence-corrected chi connectivity index (χ1v) is 7.35. The standard InChI is InChI=1S/C16H22N2O4/c1-16(2,22)13-5-3-11(4-6-13)9-17-15(21)18-8-7-12(10-18)14(19)20/h3-6,12,22H,7-10H2,1-2H3,(H,17,21)(H,19,20). The second-order valence-corrected chi connectivity index (χ2v) is 6.18. The van der Waals surface area contributed by atoms with Gasteiger partial charge >= 0.3 is 12.0 Å². The number of aliphatic hydroxyl groups is 1. The highest BCUT2D eigenvalue weighted by atomic mass is 16.4. The number of amides is 2. The van der Waals surface area contributed by atoms with Crippen molar-refractivity contribution >= 4 is 12.0 Å². The molecule has 0 radical (unpaired) electrons. The highest BCUT2D eigenvalue weighted by Crippen LogP contribution is 2.20. The van der Waals surface area contributed by atoms with Crippen LogP contribution in [0.4, 0.5) is 4.79 Å². The minimum Gasteiger partial charge on any atom is -0.481 e. The first-order chi connectivity index (χ1) is 10.3. The van der Waals surface area contributed by atoms with Crippen molar-refractivity contribution in [1.29, 1.82) is 0 Å². The van der Waals surface area contributed by atoms with Crippen LogP contribution in [0.3, 0.4) is 0 Å². The van der Waals surface area contributed by atoms with Gasteiger partial charge in [0.2, 0.25) is 0 Å². The van der Waals surface area contributed by atoms with Crippen LogP contribution in [0.1, 0.15) is 31.4 Å². The topological polar surface area (TPSA) is 89.9 Å². The van der Waals surface area contributed by atoms with E-state index in [0.29, 0.717) is 19.5 Å². The summed E-state index contributed by atoms with van der Waals surface area (Å²) in [5.41, 5.74) is 0.852. The van der Waals surface area contributed by atoms with Gasteiger partial charge in [0, 0.05) is 19.6 Å². The van der Waals surface area contributed by atoms with Gasteiger partial charge in [0.05, 0.1) is 11.5 Å². The molecular weight excluding hydrogens is 284 g/mol. The Kier molecular flexibility index (Phi) is 4.71. The lowest BCUT2D eigenvalue weighted by Gasteiger charge is -2.19. The maximum atomic E-state index is 12.0. The minimum atomic E-state index is -0.886. The normalized spacial score (nSPS) is 18.3. The van der Waals surface area contributed by atoms with Crippen molar-refractivity contribution < 1.29 is 19.8 Å². The molecule has 1 fully saturated rings. The zero-order valence-corrected chi connectivity index (χ0v) is 12.9. The number of carboxylic acid groups (broad SMARTS) is 1. The van der Waals surface area contributed by atoms with E-state index in [1.54, 1.807) is 13.8 Å². The average Bonchev–Trinajstić information content (AvgIpc) is 2.94. The Morgan fingerprint density at radius 2 is 1.95 bits per heavy atom. The van der Waals surface area contributed by atoms with Crippen molar-refractivity contribution in [1.82, 2.24) is 10.2 Å². The number of carboxylic acids is 1. The predicted molar refractivity (Wildman–Crippen MR) is 81.2 cm³/mol. The Balaban J connectivity index is 1.85. The Morgan fingerprint density at radius 3 is 2.45 bits per heavy atom. The van der Waals surface area contributed by atoms with E-state index in [2.05, 4.69) is 5.32 Å². The van der Waals surface area contributed by atoms with Crippen LogP contribution in [0.5, 0.6) is 0 Å². The van der Waals surface area contributed by atoms with E-state index >= 15 is 0 Å². The number of urea groups is 1. The van der Waals surface area contributed by atoms with Gasteiger partial charge < -0.3 is 20.4 Å². The van der Waals surface area contributed by atoms with Crippen LogP contribution in [0.25, 0.3) is 0 Å². The molecule has 3 N–H and O–H groups in total. The molecule has 1 aromatic rings. The molecule has 6 heteroatoms. The van der Waals surface area contributed by atoms with Gasteiger partial charge in [-0.25, -0.2) is 4.79 Å². The van der Waals surface area contributed by atoms with Gasteiger partial charge in [0.15, 0.2) is 0 Å². The third-order valence-electron chi connectivity index (χ3n) is 3.93. The fourth-order valence-electron chi connectivity index (χ4n) is 2.47. The highest BCUT2D eigenvalue weighted by molar-refractivity contribution is 5.77. The molecular formula is C16H22N2O4. The number of benzene rings is 1. The van der Waals surface area contributed by atoms with Crippen molar-refractivity contribution in [2.24, 2.45) is 5.92 Å². The maximum Gasteiger partial charge on any atom is 0.317 e. The highest BCUT2D eigenvalue weighted by Gasteiger charge is 2.30. The second-order valence-electron chi connectivity index (χ2n) is 6.18. The number of hydrogen-bond acceptors (Lipinski definition) is 3. The Hall–Kier alpha value is -2.08. The molecule has 0 aliphatic carbocycles. The van der Waals surface area contributed by atoms with Gasteiger partial charge in [0.1, 0.15) is 0 Å². The molecule has 120 valence electrons. The quantitative estimate of drug-likeness (QED) is 0.787. The van der Waals surface area contributed by atoms with Crippen LogP contribution in [-0.4, -0.2) is 40.2 Å². The lowest BCUT2D eigenvalue weighted by molar-refractivity contribution is -0.141. The Labute approximate surface area is 129 Å². The smallest absolute Gasteiger partial charge is 0.317 e. The van der Waals surface area contributed by atoms with Crippen LogP contribution in [0.2, 0.25) is 0 Å². The minimum absolute atomic E-state index is 0.240. The van der Waals surface area contributed by atoms with Crippen LogP contribution < -0.4 is 5.32 Å². The first kappa shape index (κ1) is 16.3. The van der Waals surface area contributed by atoms with Gasteiger partial charge in [-0.2, -0.15) is 0 Å². The molecule has 1 saturated heterocycles. The fraction of sp³-hybridized carbons (Fsp3) is 0.500. The summed E-state index contributed by atoms with van der Waals surface area (Å²) in [4.78, 5) is 24.4. The second kappa shape index (κ2) is 6.36. The summed E-state index contributed by atoms with van der Waals surface area (Å²) in [5.74, 6) is -1.31. The fourth-order valence-corrected chi connectivity index (χ4v) is 2.47. The maximum absolute atomic E-state index is 12.0. The summed E-state index contributed by atoms with van der Waals surface area (Å²) in [7, 11) is 0. The predicted octanol–water partition coefficient (Wildman–Crippen LogP) is 1.53. The van der Waals surface area contributed by atoms with Gasteiger partial charge in [-0.1, -0.05) is 24.3 Å². The third kappa shape index (κ3) is 3.98. The largest absolute Gasteiger partial charge is 0.481 e. The van der Waals surface area contributed by atoms with Crippen LogP contribution in [0.15, 0.2) is 24.3 Å². The number of hydrogen-bond donors (Lipinski definition) is 3. The molecule has 2 amide bonds. The number of carbonyl (C=O) groups is 2. The number of nitrogens with zero attached hydrogens (tertiary/aromatic N) is 1. The summed E-state index contributed by atoms with van der Waals surface area (Å²) in [6.45, 7) is 4.55. The van der Waals surface area contributed by atoms with Gasteiger partial charge in [-0.15, -0.1) is 0 Å². The average molecular weight is 306 g/mol. The number of carbonyl (C=O) groups excluding carboxylic acids is 1. The van der Waals surface area contributed by atoms with E-state index < -0.39 is 17.5 Å². The summed E-state index contributed by atoms with van der Waals surface area (Å²) in [6.07, 6.45) is 0.503. The molecule has 0 saturated carbocycles. The summed E-state index contributed by atoms with van der Waals surface area (Å²) in [6, 6.07) is 7.14. The molecule has 1 aliphatic heterocycles. The van der Waals surface area contributed by atoms with E-state index in [9.17, 15) is 14.7 Å². The van der Waals surface area contributed by atoms with E-state index in [4.69, 9.17) is 5.11 Å². The van der Waals surface area contributed by atoms with Crippen LogP contribution in [-0.2, 0) is 16.9 Å².